The molecule has 0 aromatic carbocycles. The second-order valence-electron chi connectivity index (χ2n) is 3.14. The minimum atomic E-state index is -1.79. The van der Waals surface area contributed by atoms with Gasteiger partial charge in [-0.15, -0.1) is 0 Å². The topological polar surface area (TPSA) is 71.9 Å². The van der Waals surface area contributed by atoms with Crippen LogP contribution in [0.3, 0.4) is 0 Å². The molecule has 0 saturated carbocycles. The first-order valence-electron chi connectivity index (χ1n) is 4.86. The zero-order valence-corrected chi connectivity index (χ0v) is 13.5. The molecule has 2 aromatic heterocycles. The van der Waals surface area contributed by atoms with Gasteiger partial charge in [0.1, 0.15) is 0 Å². The standard InChI is InChI=1S/2C5H5NOS.Zn/c2*7-8-5-3-1-2-4-6-5;/h2*1-4,7H;/q;;+2/p-2. The van der Waals surface area contributed by atoms with Gasteiger partial charge in [-0.1, -0.05) is 0 Å². The van der Waals surface area contributed by atoms with Crippen molar-refractivity contribution in [3.8, 4) is 0 Å². The van der Waals surface area contributed by atoms with Crippen molar-refractivity contribution in [3.05, 3.63) is 48.8 Å². The summed E-state index contributed by atoms with van der Waals surface area (Å²) in [4.78, 5) is 8.03. The molecule has 0 bridgehead atoms. The van der Waals surface area contributed by atoms with Crippen LogP contribution in [0.2, 0.25) is 0 Å². The van der Waals surface area contributed by atoms with Crippen LogP contribution in [0.15, 0.2) is 58.8 Å². The van der Waals surface area contributed by atoms with E-state index in [0.717, 1.165) is 0 Å². The van der Waals surface area contributed by atoms with E-state index in [1.54, 1.807) is 48.8 Å². The van der Waals surface area contributed by atoms with Crippen LogP contribution >= 0.6 is 0 Å². The van der Waals surface area contributed by atoms with Gasteiger partial charge >= 0.3 is 111 Å². The molecule has 0 amide bonds. The first-order valence-corrected chi connectivity index (χ1v) is 14.8. The summed E-state index contributed by atoms with van der Waals surface area (Å²) in [6.45, 7) is 0. The molecule has 84 valence electrons. The maximum absolute atomic E-state index is 11.9. The molecule has 17 heavy (non-hydrogen) atoms. The predicted octanol–water partition coefficient (Wildman–Crippen LogP) is 1.30. The third-order valence-electron chi connectivity index (χ3n) is 1.96. The maximum atomic E-state index is 11.9. The van der Waals surface area contributed by atoms with Gasteiger partial charge in [-0.3, -0.25) is 0 Å². The van der Waals surface area contributed by atoms with Crippen molar-refractivity contribution in [2.75, 3.05) is 0 Å². The van der Waals surface area contributed by atoms with Gasteiger partial charge in [0.15, 0.2) is 0 Å². The minimum absolute atomic E-state index is 0.525. The molecular weight excluding hydrogens is 310 g/mol. The van der Waals surface area contributed by atoms with Gasteiger partial charge < -0.3 is 0 Å². The van der Waals surface area contributed by atoms with Gasteiger partial charge in [0, 0.05) is 0 Å². The SMILES string of the molecule is [O-][S+]([Zn][S+]([O-])c1ccccn1)c1ccccn1. The van der Waals surface area contributed by atoms with Crippen LogP contribution < -0.4 is 0 Å². The van der Waals surface area contributed by atoms with Crippen LogP contribution in [-0.2, 0) is 33.0 Å². The fourth-order valence-electron chi connectivity index (χ4n) is 1.18. The molecule has 0 aliphatic rings. The first-order chi connectivity index (χ1) is 8.27. The molecule has 2 aromatic rings. The monoisotopic (exact) mass is 316 g/mol. The fourth-order valence-corrected chi connectivity index (χ4v) is 14.1. The van der Waals surface area contributed by atoms with E-state index < -0.39 is 33.0 Å². The van der Waals surface area contributed by atoms with Crippen molar-refractivity contribution in [2.24, 2.45) is 0 Å². The summed E-state index contributed by atoms with van der Waals surface area (Å²) in [7, 11) is -2.36. The summed E-state index contributed by atoms with van der Waals surface area (Å²) >= 11 is -1.79. The molecule has 2 rings (SSSR count). The van der Waals surface area contributed by atoms with E-state index in [1.165, 1.54) is 0 Å². The summed E-state index contributed by atoms with van der Waals surface area (Å²) < 4.78 is 23.9. The average Bonchev–Trinajstić information content (AvgIpc) is 2.40. The van der Waals surface area contributed by atoms with Crippen molar-refractivity contribution < 1.29 is 23.8 Å². The summed E-state index contributed by atoms with van der Waals surface area (Å²) in [6, 6.07) is 10.5. The second kappa shape index (κ2) is 6.47. The summed E-state index contributed by atoms with van der Waals surface area (Å²) in [5.41, 5.74) is 0. The Hall–Kier alpha value is -0.457. The van der Waals surface area contributed by atoms with Crippen LogP contribution in [0, 0.1) is 0 Å². The molecular formula is C10H8N2O2S2Zn. The van der Waals surface area contributed by atoms with E-state index in [0.29, 0.717) is 10.1 Å². The molecule has 7 heteroatoms. The molecule has 0 aliphatic carbocycles. The third kappa shape index (κ3) is 3.76. The Labute approximate surface area is 111 Å². The Morgan fingerprint density at radius 2 is 1.29 bits per heavy atom. The number of rotatable bonds is 4. The van der Waals surface area contributed by atoms with Crippen molar-refractivity contribution in [1.82, 2.24) is 9.97 Å². The third-order valence-corrected chi connectivity index (χ3v) is 16.9. The molecule has 0 N–H and O–H groups in total. The molecule has 4 nitrogen and oxygen atoms in total. The van der Waals surface area contributed by atoms with Gasteiger partial charge in [0.2, 0.25) is 0 Å². The zero-order chi connectivity index (χ0) is 12.1. The molecule has 0 aliphatic heterocycles. The number of nitrogens with zero attached hydrogens (tertiary/aromatic N) is 2. The molecule has 0 spiro atoms. The molecule has 0 saturated heterocycles. The number of aromatic nitrogens is 2. The van der Waals surface area contributed by atoms with Crippen LogP contribution in [0.4, 0.5) is 0 Å². The Morgan fingerprint density at radius 3 is 1.65 bits per heavy atom. The Balaban J connectivity index is 2.02. The Kier molecular flexibility index (Phi) is 4.94. The van der Waals surface area contributed by atoms with Gasteiger partial charge in [-0.2, -0.15) is 0 Å². The summed E-state index contributed by atoms with van der Waals surface area (Å²) in [6.07, 6.45) is 3.19. The Bertz CT molecular complexity index is 417. The van der Waals surface area contributed by atoms with E-state index in [4.69, 9.17) is 0 Å². The van der Waals surface area contributed by atoms with E-state index in [2.05, 4.69) is 9.97 Å². The molecule has 2 atom stereocenters. The summed E-state index contributed by atoms with van der Waals surface area (Å²) in [5, 5.41) is 1.05. The fraction of sp³-hybridized carbons (Fsp3) is 0. The van der Waals surface area contributed by atoms with E-state index in [9.17, 15) is 9.11 Å². The van der Waals surface area contributed by atoms with Gasteiger partial charge in [0.25, 0.3) is 0 Å². The van der Waals surface area contributed by atoms with Crippen LogP contribution in [0.25, 0.3) is 0 Å². The molecule has 2 heterocycles. The second-order valence-corrected chi connectivity index (χ2v) is 17.4. The van der Waals surface area contributed by atoms with E-state index >= 15 is 0 Å². The van der Waals surface area contributed by atoms with Crippen molar-refractivity contribution in [1.29, 1.82) is 0 Å². The predicted molar refractivity (Wildman–Crippen MR) is 61.3 cm³/mol. The van der Waals surface area contributed by atoms with Crippen LogP contribution in [0.5, 0.6) is 0 Å². The average molecular weight is 318 g/mol. The van der Waals surface area contributed by atoms with Crippen molar-refractivity contribution in [2.45, 2.75) is 10.1 Å². The van der Waals surface area contributed by atoms with Gasteiger partial charge in [-0.05, 0) is 0 Å². The Morgan fingerprint density at radius 1 is 0.824 bits per heavy atom. The number of pyridine rings is 2. The quantitative estimate of drug-likeness (QED) is 0.629. The van der Waals surface area contributed by atoms with Gasteiger partial charge in [0.05, 0.1) is 0 Å². The normalized spacial score (nSPS) is 13.8. The molecule has 2 unspecified atom stereocenters. The van der Waals surface area contributed by atoms with Crippen molar-refractivity contribution in [3.63, 3.8) is 0 Å². The van der Waals surface area contributed by atoms with E-state index in [1.807, 2.05) is 0 Å². The van der Waals surface area contributed by atoms with Crippen LogP contribution in [-0.4, -0.2) is 19.1 Å². The summed E-state index contributed by atoms with van der Waals surface area (Å²) in [5.74, 6) is 0. The van der Waals surface area contributed by atoms with Crippen molar-refractivity contribution >= 4 is 18.3 Å². The van der Waals surface area contributed by atoms with E-state index in [-0.39, 0.29) is 0 Å². The molecule has 0 radical (unpaired) electrons. The number of hydrogen-bond donors (Lipinski definition) is 0. The van der Waals surface area contributed by atoms with Gasteiger partial charge in [-0.25, -0.2) is 0 Å². The first kappa shape index (κ1) is 13.0. The number of hydrogen-bond acceptors (Lipinski definition) is 4. The zero-order valence-electron chi connectivity index (χ0n) is 8.85. The van der Waals surface area contributed by atoms with Crippen LogP contribution in [0.1, 0.15) is 0 Å². The molecule has 0 fully saturated rings.